The van der Waals surface area contributed by atoms with Crippen LogP contribution in [0.4, 0.5) is 5.69 Å². The van der Waals surface area contributed by atoms with Crippen LogP contribution in [0.3, 0.4) is 0 Å². The first-order valence-electron chi connectivity index (χ1n) is 10.7. The Balaban J connectivity index is 1.50. The van der Waals surface area contributed by atoms with E-state index in [1.807, 2.05) is 67.6 Å². The molecule has 0 spiro atoms. The van der Waals surface area contributed by atoms with Gasteiger partial charge in [-0.15, -0.1) is 0 Å². The number of amides is 1. The molecule has 1 N–H and O–H groups in total. The zero-order valence-electron chi connectivity index (χ0n) is 19.0. The summed E-state index contributed by atoms with van der Waals surface area (Å²) in [6, 6.07) is 19.0. The predicted octanol–water partition coefficient (Wildman–Crippen LogP) is 7.09. The van der Waals surface area contributed by atoms with E-state index in [2.05, 4.69) is 42.2 Å². The van der Waals surface area contributed by atoms with Gasteiger partial charge in [0.1, 0.15) is 12.4 Å². The van der Waals surface area contributed by atoms with Crippen LogP contribution in [0.2, 0.25) is 0 Å². The minimum Gasteiger partial charge on any atom is -0.494 e. The van der Waals surface area contributed by atoms with Gasteiger partial charge < -0.3 is 19.5 Å². The Kier molecular flexibility index (Phi) is 8.54. The van der Waals surface area contributed by atoms with Crippen LogP contribution >= 0.6 is 43.6 Å². The molecular weight excluding hydrogens is 596 g/mol. The van der Waals surface area contributed by atoms with Gasteiger partial charge in [-0.2, -0.15) is 0 Å². The molecule has 0 aliphatic carbocycles. The second-order valence-electron chi connectivity index (χ2n) is 7.35. The van der Waals surface area contributed by atoms with Gasteiger partial charge >= 0.3 is 0 Å². The molecule has 0 aromatic heterocycles. The van der Waals surface area contributed by atoms with Crippen molar-refractivity contribution in [1.82, 2.24) is 5.32 Å². The molecule has 1 aliphatic heterocycles. The quantitative estimate of drug-likeness (QED) is 0.273. The van der Waals surface area contributed by atoms with Crippen LogP contribution in [-0.4, -0.2) is 24.8 Å². The molecular formula is C26H22Br2N2O4S. The fourth-order valence-corrected chi connectivity index (χ4v) is 4.73. The molecule has 0 atom stereocenters. The number of nitrogens with one attached hydrogen (secondary N) is 1. The third-order valence-electron chi connectivity index (χ3n) is 4.91. The first-order valence-corrected chi connectivity index (χ1v) is 13.1. The van der Waals surface area contributed by atoms with E-state index in [1.54, 1.807) is 13.2 Å². The van der Waals surface area contributed by atoms with Crippen molar-refractivity contribution in [1.29, 1.82) is 0 Å². The van der Waals surface area contributed by atoms with Crippen LogP contribution in [0.25, 0.3) is 6.08 Å². The topological polar surface area (TPSA) is 69.2 Å². The van der Waals surface area contributed by atoms with Crippen LogP contribution < -0.4 is 19.5 Å². The summed E-state index contributed by atoms with van der Waals surface area (Å²) in [5.74, 6) is 1.75. The van der Waals surface area contributed by atoms with Crippen molar-refractivity contribution in [2.75, 3.05) is 13.7 Å². The van der Waals surface area contributed by atoms with E-state index in [9.17, 15) is 4.79 Å². The largest absolute Gasteiger partial charge is 0.494 e. The second-order valence-corrected chi connectivity index (χ2v) is 10.1. The van der Waals surface area contributed by atoms with E-state index in [0.29, 0.717) is 34.8 Å². The number of methoxy groups -OCH3 is 1. The van der Waals surface area contributed by atoms with Crippen molar-refractivity contribution in [3.63, 3.8) is 0 Å². The molecule has 1 heterocycles. The van der Waals surface area contributed by atoms with Gasteiger partial charge in [-0.05, 0) is 84.4 Å². The molecule has 180 valence electrons. The molecule has 1 saturated heterocycles. The van der Waals surface area contributed by atoms with Gasteiger partial charge in [-0.1, -0.05) is 44.0 Å². The Hall–Kier alpha value is -2.75. The Morgan fingerprint density at radius 1 is 1.00 bits per heavy atom. The molecule has 3 aromatic rings. The number of rotatable bonds is 8. The highest BCUT2D eigenvalue weighted by Crippen LogP contribution is 2.37. The Morgan fingerprint density at radius 2 is 1.74 bits per heavy atom. The van der Waals surface area contributed by atoms with E-state index < -0.39 is 0 Å². The van der Waals surface area contributed by atoms with Gasteiger partial charge in [0, 0.05) is 8.95 Å². The zero-order valence-corrected chi connectivity index (χ0v) is 23.0. The van der Waals surface area contributed by atoms with Crippen molar-refractivity contribution in [3.05, 3.63) is 85.6 Å². The van der Waals surface area contributed by atoms with Crippen molar-refractivity contribution in [2.45, 2.75) is 13.5 Å². The Morgan fingerprint density at radius 3 is 2.43 bits per heavy atom. The molecule has 6 nitrogen and oxygen atoms in total. The molecule has 3 aromatic carbocycles. The Labute approximate surface area is 225 Å². The first kappa shape index (κ1) is 25.3. The number of halogens is 2. The summed E-state index contributed by atoms with van der Waals surface area (Å²) in [5.41, 5.74) is 2.56. The molecule has 0 saturated carbocycles. The first-order chi connectivity index (χ1) is 16.9. The summed E-state index contributed by atoms with van der Waals surface area (Å²) < 4.78 is 18.8. The molecule has 1 fully saturated rings. The number of carbonyl (C=O) groups is 1. The second kappa shape index (κ2) is 11.8. The number of ether oxygens (including phenoxy) is 3. The van der Waals surface area contributed by atoms with Gasteiger partial charge in [-0.25, -0.2) is 4.99 Å². The number of hydrogen-bond acceptors (Lipinski definition) is 6. The van der Waals surface area contributed by atoms with Crippen LogP contribution in [0.5, 0.6) is 17.2 Å². The van der Waals surface area contributed by atoms with Gasteiger partial charge in [0.25, 0.3) is 5.91 Å². The SMILES string of the molecule is CCOc1ccc(N=C2NC(=O)/C(=C\c3cc(OC)c(OCc4ccc(Br)cc4)cc3Br)S2)cc1. The molecule has 1 aliphatic rings. The predicted molar refractivity (Wildman–Crippen MR) is 148 cm³/mol. The average Bonchev–Trinajstić information content (AvgIpc) is 3.19. The van der Waals surface area contributed by atoms with Crippen molar-refractivity contribution in [2.24, 2.45) is 4.99 Å². The summed E-state index contributed by atoms with van der Waals surface area (Å²) in [7, 11) is 1.59. The molecule has 1 amide bonds. The molecule has 0 radical (unpaired) electrons. The van der Waals surface area contributed by atoms with Gasteiger partial charge in [0.05, 0.1) is 24.3 Å². The standard InChI is InChI=1S/C26H22Br2N2O4S/c1-3-33-20-10-8-19(9-11-20)29-26-30-25(31)24(35-26)13-17-12-22(32-2)23(14-21(17)28)34-15-16-4-6-18(27)7-5-16/h4-14H,3,15H2,1-2H3,(H,29,30,31)/b24-13+. The van der Waals surface area contributed by atoms with Crippen LogP contribution in [0.1, 0.15) is 18.1 Å². The lowest BCUT2D eigenvalue weighted by Crippen LogP contribution is -2.19. The molecule has 9 heteroatoms. The zero-order chi connectivity index (χ0) is 24.8. The number of aliphatic imine (C=N–C) groups is 1. The van der Waals surface area contributed by atoms with Gasteiger partial charge in [-0.3, -0.25) is 4.79 Å². The maximum absolute atomic E-state index is 12.6. The monoisotopic (exact) mass is 616 g/mol. The van der Waals surface area contributed by atoms with Gasteiger partial charge in [0.2, 0.25) is 0 Å². The number of amidine groups is 1. The number of thioether (sulfide) groups is 1. The average molecular weight is 618 g/mol. The number of benzene rings is 3. The van der Waals surface area contributed by atoms with Crippen LogP contribution in [0, 0.1) is 0 Å². The lowest BCUT2D eigenvalue weighted by Gasteiger charge is -2.13. The van der Waals surface area contributed by atoms with E-state index in [1.165, 1.54) is 11.8 Å². The van der Waals surface area contributed by atoms with Crippen molar-refractivity contribution < 1.29 is 19.0 Å². The molecule has 4 rings (SSSR count). The van der Waals surface area contributed by atoms with Gasteiger partial charge in [0.15, 0.2) is 16.7 Å². The number of hydrogen-bond donors (Lipinski definition) is 1. The highest BCUT2D eigenvalue weighted by Gasteiger charge is 2.24. The van der Waals surface area contributed by atoms with E-state index in [0.717, 1.165) is 31.5 Å². The highest BCUT2D eigenvalue weighted by molar-refractivity contribution is 9.10. The maximum Gasteiger partial charge on any atom is 0.264 e. The van der Waals surface area contributed by atoms with Crippen LogP contribution in [0.15, 0.2) is 79.5 Å². The molecule has 35 heavy (non-hydrogen) atoms. The Bertz CT molecular complexity index is 1280. The normalized spacial score (nSPS) is 15.4. The minimum absolute atomic E-state index is 0.207. The summed E-state index contributed by atoms with van der Waals surface area (Å²) in [6.07, 6.45) is 1.80. The lowest BCUT2D eigenvalue weighted by molar-refractivity contribution is -0.115. The minimum atomic E-state index is -0.207. The smallest absolute Gasteiger partial charge is 0.264 e. The van der Waals surface area contributed by atoms with E-state index in [-0.39, 0.29) is 5.91 Å². The van der Waals surface area contributed by atoms with E-state index >= 15 is 0 Å². The third-order valence-corrected chi connectivity index (χ3v) is 7.03. The molecule has 0 unspecified atom stereocenters. The fraction of sp³-hybridized carbons (Fsp3) is 0.154. The summed E-state index contributed by atoms with van der Waals surface area (Å²) in [6.45, 7) is 2.94. The van der Waals surface area contributed by atoms with E-state index in [4.69, 9.17) is 14.2 Å². The maximum atomic E-state index is 12.6. The molecule has 0 bridgehead atoms. The summed E-state index contributed by atoms with van der Waals surface area (Å²) in [5, 5.41) is 3.33. The lowest BCUT2D eigenvalue weighted by atomic mass is 10.2. The number of nitrogens with zero attached hydrogens (tertiary/aromatic N) is 1. The third kappa shape index (κ3) is 6.68. The fourth-order valence-electron chi connectivity index (χ4n) is 3.20. The van der Waals surface area contributed by atoms with Crippen molar-refractivity contribution in [3.8, 4) is 17.2 Å². The summed E-state index contributed by atoms with van der Waals surface area (Å²) >= 11 is 8.31. The van der Waals surface area contributed by atoms with Crippen LogP contribution in [-0.2, 0) is 11.4 Å². The summed E-state index contributed by atoms with van der Waals surface area (Å²) in [4.78, 5) is 17.6. The highest BCUT2D eigenvalue weighted by atomic mass is 79.9. The number of carbonyl (C=O) groups excluding carboxylic acids is 1. The van der Waals surface area contributed by atoms with Crippen molar-refractivity contribution >= 4 is 66.5 Å².